The van der Waals surface area contributed by atoms with Crippen molar-refractivity contribution in [2.24, 2.45) is 5.10 Å². The Kier molecular flexibility index (Phi) is 4.88. The van der Waals surface area contributed by atoms with E-state index in [1.165, 1.54) is 32.1 Å². The largest absolute Gasteiger partial charge is 0.361 e. The number of H-pyrrole nitrogens is 1. The van der Waals surface area contributed by atoms with Crippen molar-refractivity contribution in [3.8, 4) is 0 Å². The van der Waals surface area contributed by atoms with Crippen molar-refractivity contribution in [3.63, 3.8) is 0 Å². The van der Waals surface area contributed by atoms with Crippen LogP contribution in [0, 0.1) is 0 Å². The Labute approximate surface area is 131 Å². The number of carbonyl (C=O) groups excluding carboxylic acids is 1. The highest BCUT2D eigenvalue weighted by Gasteiger charge is 2.09. The molecule has 2 N–H and O–H groups in total. The lowest BCUT2D eigenvalue weighted by atomic mass is 9.99. The van der Waals surface area contributed by atoms with E-state index in [2.05, 4.69) is 15.5 Å². The lowest BCUT2D eigenvalue weighted by Gasteiger charge is -2.10. The molecule has 1 aromatic carbocycles. The molecule has 1 aliphatic carbocycles. The standard InChI is InChI=1S/C18H23N3O/c22-18(21-20-15-8-4-2-1-3-5-9-15)12-14-13-19-17-11-7-6-10-16(14)17/h6-7,10-11,13,19H,1-5,8-9,12H2,(H,21,22). The van der Waals surface area contributed by atoms with Crippen LogP contribution < -0.4 is 5.43 Å². The lowest BCUT2D eigenvalue weighted by molar-refractivity contribution is -0.120. The number of amides is 1. The molecule has 0 aliphatic heterocycles. The van der Waals surface area contributed by atoms with Crippen molar-refractivity contribution in [1.29, 1.82) is 0 Å². The van der Waals surface area contributed by atoms with E-state index in [0.717, 1.165) is 35.0 Å². The Morgan fingerprint density at radius 1 is 1.09 bits per heavy atom. The highest BCUT2D eigenvalue weighted by Crippen LogP contribution is 2.18. The molecule has 116 valence electrons. The van der Waals surface area contributed by atoms with E-state index in [1.54, 1.807) is 0 Å². The molecule has 0 atom stereocenters. The molecule has 1 fully saturated rings. The number of hydrogen-bond donors (Lipinski definition) is 2. The van der Waals surface area contributed by atoms with Gasteiger partial charge in [0.2, 0.25) is 5.91 Å². The fourth-order valence-corrected chi connectivity index (χ4v) is 3.06. The number of hydrogen-bond acceptors (Lipinski definition) is 2. The van der Waals surface area contributed by atoms with Gasteiger partial charge in [-0.2, -0.15) is 5.10 Å². The topological polar surface area (TPSA) is 57.2 Å². The van der Waals surface area contributed by atoms with Gasteiger partial charge in [0.05, 0.1) is 6.42 Å². The predicted molar refractivity (Wildman–Crippen MR) is 89.9 cm³/mol. The first-order chi connectivity index (χ1) is 10.8. The van der Waals surface area contributed by atoms with Crippen LogP contribution in [0.25, 0.3) is 10.9 Å². The average Bonchev–Trinajstić information content (AvgIpc) is 2.89. The molecule has 0 spiro atoms. The number of aromatic amines is 1. The van der Waals surface area contributed by atoms with E-state index < -0.39 is 0 Å². The van der Waals surface area contributed by atoms with Gasteiger partial charge in [0.25, 0.3) is 0 Å². The van der Waals surface area contributed by atoms with Gasteiger partial charge in [-0.25, -0.2) is 5.43 Å². The van der Waals surface area contributed by atoms with Crippen LogP contribution >= 0.6 is 0 Å². The maximum Gasteiger partial charge on any atom is 0.244 e. The van der Waals surface area contributed by atoms with E-state index in [0.29, 0.717) is 6.42 Å². The van der Waals surface area contributed by atoms with Crippen LogP contribution in [0.1, 0.15) is 50.5 Å². The first kappa shape index (κ1) is 14.8. The van der Waals surface area contributed by atoms with Gasteiger partial charge in [0, 0.05) is 22.8 Å². The molecule has 2 aromatic rings. The number of carbonyl (C=O) groups is 1. The summed E-state index contributed by atoms with van der Waals surface area (Å²) in [5.74, 6) is -0.0423. The van der Waals surface area contributed by atoms with Crippen LogP contribution in [0.5, 0.6) is 0 Å². The molecule has 22 heavy (non-hydrogen) atoms. The summed E-state index contributed by atoms with van der Waals surface area (Å²) in [4.78, 5) is 15.3. The number of para-hydroxylation sites is 1. The highest BCUT2D eigenvalue weighted by atomic mass is 16.2. The summed E-state index contributed by atoms with van der Waals surface area (Å²) in [5, 5.41) is 5.46. The third-order valence-electron chi connectivity index (χ3n) is 4.30. The van der Waals surface area contributed by atoms with Crippen molar-refractivity contribution in [3.05, 3.63) is 36.0 Å². The van der Waals surface area contributed by atoms with E-state index in [9.17, 15) is 4.79 Å². The number of nitrogens with zero attached hydrogens (tertiary/aromatic N) is 1. The minimum Gasteiger partial charge on any atom is -0.361 e. The molecular formula is C18H23N3O. The fourth-order valence-electron chi connectivity index (χ4n) is 3.06. The minimum atomic E-state index is -0.0423. The van der Waals surface area contributed by atoms with Gasteiger partial charge < -0.3 is 4.98 Å². The third-order valence-corrected chi connectivity index (χ3v) is 4.30. The van der Waals surface area contributed by atoms with E-state index >= 15 is 0 Å². The minimum absolute atomic E-state index is 0.0423. The van der Waals surface area contributed by atoms with Crippen LogP contribution in [0.3, 0.4) is 0 Å². The van der Waals surface area contributed by atoms with Gasteiger partial charge in [-0.15, -0.1) is 0 Å². The molecule has 1 heterocycles. The molecule has 1 aromatic heterocycles. The highest BCUT2D eigenvalue weighted by molar-refractivity contribution is 5.90. The average molecular weight is 297 g/mol. The molecule has 4 heteroatoms. The molecule has 3 rings (SSSR count). The lowest BCUT2D eigenvalue weighted by Crippen LogP contribution is -2.21. The van der Waals surface area contributed by atoms with Gasteiger partial charge >= 0.3 is 0 Å². The summed E-state index contributed by atoms with van der Waals surface area (Å²) in [5.41, 5.74) is 5.97. The van der Waals surface area contributed by atoms with E-state index in [4.69, 9.17) is 0 Å². The van der Waals surface area contributed by atoms with Crippen LogP contribution in [0.2, 0.25) is 0 Å². The SMILES string of the molecule is O=C(Cc1c[nH]c2ccccc12)NN=C1CCCCCCC1. The number of aromatic nitrogens is 1. The van der Waals surface area contributed by atoms with Crippen molar-refractivity contribution in [2.75, 3.05) is 0 Å². The smallest absolute Gasteiger partial charge is 0.244 e. The first-order valence-electron chi connectivity index (χ1n) is 8.22. The number of benzene rings is 1. The second-order valence-corrected chi connectivity index (χ2v) is 6.02. The van der Waals surface area contributed by atoms with Crippen LogP contribution in [-0.4, -0.2) is 16.6 Å². The van der Waals surface area contributed by atoms with Crippen molar-refractivity contribution in [2.45, 2.75) is 51.4 Å². The van der Waals surface area contributed by atoms with Crippen LogP contribution in [-0.2, 0) is 11.2 Å². The Bertz CT molecular complexity index is 662. The summed E-state index contributed by atoms with van der Waals surface area (Å²) < 4.78 is 0. The van der Waals surface area contributed by atoms with Crippen molar-refractivity contribution >= 4 is 22.5 Å². The predicted octanol–water partition coefficient (Wildman–Crippen LogP) is 3.93. The zero-order valence-electron chi connectivity index (χ0n) is 12.9. The summed E-state index contributed by atoms with van der Waals surface area (Å²) in [6.45, 7) is 0. The molecule has 0 saturated heterocycles. The molecule has 4 nitrogen and oxygen atoms in total. The number of fused-ring (bicyclic) bond motifs is 1. The summed E-state index contributed by atoms with van der Waals surface area (Å²) in [6, 6.07) is 8.04. The van der Waals surface area contributed by atoms with Crippen LogP contribution in [0.4, 0.5) is 0 Å². The van der Waals surface area contributed by atoms with Crippen molar-refractivity contribution in [1.82, 2.24) is 10.4 Å². The Balaban J connectivity index is 1.60. The molecule has 0 bridgehead atoms. The maximum absolute atomic E-state index is 12.1. The summed E-state index contributed by atoms with van der Waals surface area (Å²) >= 11 is 0. The van der Waals surface area contributed by atoms with Crippen molar-refractivity contribution < 1.29 is 4.79 Å². The summed E-state index contributed by atoms with van der Waals surface area (Å²) in [7, 11) is 0. The van der Waals surface area contributed by atoms with Gasteiger partial charge in [-0.05, 0) is 37.3 Å². The number of nitrogens with one attached hydrogen (secondary N) is 2. The van der Waals surface area contributed by atoms with Gasteiger partial charge in [-0.1, -0.05) is 37.5 Å². The van der Waals surface area contributed by atoms with Gasteiger partial charge in [0.15, 0.2) is 0 Å². The first-order valence-corrected chi connectivity index (χ1v) is 8.22. The Morgan fingerprint density at radius 2 is 1.82 bits per heavy atom. The zero-order valence-corrected chi connectivity index (χ0v) is 12.9. The maximum atomic E-state index is 12.1. The quantitative estimate of drug-likeness (QED) is 0.829. The zero-order chi connectivity index (χ0) is 15.2. The monoisotopic (exact) mass is 297 g/mol. The van der Waals surface area contributed by atoms with Gasteiger partial charge in [0.1, 0.15) is 0 Å². The Hall–Kier alpha value is -2.10. The molecule has 1 aliphatic rings. The van der Waals surface area contributed by atoms with Gasteiger partial charge in [-0.3, -0.25) is 4.79 Å². The number of rotatable bonds is 3. The van der Waals surface area contributed by atoms with E-state index in [1.807, 2.05) is 30.5 Å². The molecule has 1 saturated carbocycles. The second-order valence-electron chi connectivity index (χ2n) is 6.02. The molecule has 1 amide bonds. The normalized spacial score (nSPS) is 16.1. The number of hydrazone groups is 1. The molecule has 0 radical (unpaired) electrons. The summed E-state index contributed by atoms with van der Waals surface area (Å²) in [6.07, 6.45) is 10.6. The second kappa shape index (κ2) is 7.25. The molecular weight excluding hydrogens is 274 g/mol. The Morgan fingerprint density at radius 3 is 2.64 bits per heavy atom. The third kappa shape index (κ3) is 3.75. The molecule has 0 unspecified atom stereocenters. The van der Waals surface area contributed by atoms with Crippen LogP contribution in [0.15, 0.2) is 35.6 Å². The van der Waals surface area contributed by atoms with E-state index in [-0.39, 0.29) is 5.91 Å². The fraction of sp³-hybridized carbons (Fsp3) is 0.444.